The van der Waals surface area contributed by atoms with Crippen LogP contribution in [0.1, 0.15) is 41.6 Å². The summed E-state index contributed by atoms with van der Waals surface area (Å²) in [6, 6.07) is 4.43. The minimum absolute atomic E-state index is 0.0731. The number of aromatic nitrogens is 2. The molecule has 0 saturated carbocycles. The van der Waals surface area contributed by atoms with Gasteiger partial charge in [0.05, 0.1) is 28.8 Å². The molecule has 0 radical (unpaired) electrons. The van der Waals surface area contributed by atoms with Gasteiger partial charge in [0.1, 0.15) is 9.84 Å². The molecule has 2 aromatic rings. The first-order chi connectivity index (χ1) is 12.9. The second-order valence-electron chi connectivity index (χ2n) is 7.76. The lowest BCUT2D eigenvalue weighted by atomic mass is 10.0. The summed E-state index contributed by atoms with van der Waals surface area (Å²) in [5.74, 6) is 0.543. The number of aryl methyl sites for hydroxylation is 1. The Morgan fingerprint density at radius 3 is 2.56 bits per heavy atom. The molecule has 0 unspecified atom stereocenters. The van der Waals surface area contributed by atoms with Crippen LogP contribution in [0.15, 0.2) is 24.5 Å². The van der Waals surface area contributed by atoms with Crippen molar-refractivity contribution in [3.8, 4) is 0 Å². The van der Waals surface area contributed by atoms with Gasteiger partial charge in [0.15, 0.2) is 0 Å². The fourth-order valence-electron chi connectivity index (χ4n) is 4.18. The molecule has 4 heterocycles. The van der Waals surface area contributed by atoms with E-state index in [-0.39, 0.29) is 11.9 Å². The number of amides is 1. The molecule has 2 saturated heterocycles. The highest BCUT2D eigenvalue weighted by Gasteiger charge is 2.31. The van der Waals surface area contributed by atoms with E-state index in [0.717, 1.165) is 49.9 Å². The lowest BCUT2D eigenvalue weighted by Gasteiger charge is -2.39. The van der Waals surface area contributed by atoms with E-state index in [1.54, 1.807) is 10.7 Å². The highest BCUT2D eigenvalue weighted by Crippen LogP contribution is 2.22. The van der Waals surface area contributed by atoms with E-state index in [4.69, 9.17) is 0 Å². The predicted octanol–water partition coefficient (Wildman–Crippen LogP) is 1.41. The number of piperidine rings is 1. The first-order valence-electron chi connectivity index (χ1n) is 9.61. The quantitative estimate of drug-likeness (QED) is 0.857. The maximum atomic E-state index is 12.7. The van der Waals surface area contributed by atoms with E-state index in [9.17, 15) is 13.2 Å². The number of hydrogen-bond acceptors (Lipinski definition) is 5. The Bertz CT molecular complexity index is 931. The number of carbonyl (C=O) groups excluding carboxylic acids is 1. The van der Waals surface area contributed by atoms with Gasteiger partial charge in [0.25, 0.3) is 5.91 Å². The van der Waals surface area contributed by atoms with Crippen LogP contribution < -0.4 is 5.32 Å². The van der Waals surface area contributed by atoms with Crippen molar-refractivity contribution >= 4 is 21.3 Å². The summed E-state index contributed by atoms with van der Waals surface area (Å²) in [5.41, 5.74) is 2.52. The SMILES string of the molecule is Cc1ccc2c(C(=O)NC3CCN(C4CCS(=O)(=O)CC4)CC3)cnn2c1. The Morgan fingerprint density at radius 2 is 1.85 bits per heavy atom. The maximum absolute atomic E-state index is 12.7. The number of sulfone groups is 1. The second-order valence-corrected chi connectivity index (χ2v) is 10.1. The van der Waals surface area contributed by atoms with Gasteiger partial charge in [0, 0.05) is 31.4 Å². The molecule has 146 valence electrons. The number of fused-ring (bicyclic) bond motifs is 1. The molecule has 7 nitrogen and oxygen atoms in total. The van der Waals surface area contributed by atoms with Gasteiger partial charge in [-0.15, -0.1) is 0 Å². The molecule has 1 N–H and O–H groups in total. The fraction of sp³-hybridized carbons (Fsp3) is 0.579. The number of pyridine rings is 1. The number of carbonyl (C=O) groups is 1. The largest absolute Gasteiger partial charge is 0.349 e. The Morgan fingerprint density at radius 1 is 1.15 bits per heavy atom. The number of nitrogens with one attached hydrogen (secondary N) is 1. The van der Waals surface area contributed by atoms with Gasteiger partial charge in [-0.05, 0) is 44.2 Å². The molecular weight excluding hydrogens is 364 g/mol. The van der Waals surface area contributed by atoms with Crippen molar-refractivity contribution < 1.29 is 13.2 Å². The van der Waals surface area contributed by atoms with Gasteiger partial charge in [-0.25, -0.2) is 12.9 Å². The topological polar surface area (TPSA) is 83.8 Å². The van der Waals surface area contributed by atoms with E-state index < -0.39 is 9.84 Å². The first-order valence-corrected chi connectivity index (χ1v) is 11.4. The Hall–Kier alpha value is -1.93. The van der Waals surface area contributed by atoms with Crippen LogP contribution >= 0.6 is 0 Å². The maximum Gasteiger partial charge on any atom is 0.255 e. The van der Waals surface area contributed by atoms with E-state index in [1.165, 1.54) is 0 Å². The monoisotopic (exact) mass is 390 g/mol. The van der Waals surface area contributed by atoms with Crippen molar-refractivity contribution in [2.75, 3.05) is 24.6 Å². The summed E-state index contributed by atoms with van der Waals surface area (Å²) in [7, 11) is -2.82. The normalized spacial score (nSPS) is 22.1. The van der Waals surface area contributed by atoms with Crippen LogP contribution in [0.5, 0.6) is 0 Å². The van der Waals surface area contributed by atoms with Gasteiger partial charge in [-0.3, -0.25) is 4.79 Å². The molecule has 4 rings (SSSR count). The van der Waals surface area contributed by atoms with Crippen LogP contribution in [0.4, 0.5) is 0 Å². The van der Waals surface area contributed by atoms with Crippen LogP contribution in [-0.2, 0) is 9.84 Å². The average Bonchev–Trinajstić information content (AvgIpc) is 3.05. The summed E-state index contributed by atoms with van der Waals surface area (Å²) < 4.78 is 24.9. The summed E-state index contributed by atoms with van der Waals surface area (Å²) >= 11 is 0. The van der Waals surface area contributed by atoms with E-state index in [0.29, 0.717) is 23.1 Å². The first kappa shape index (κ1) is 18.4. The lowest BCUT2D eigenvalue weighted by Crippen LogP contribution is -2.49. The Balaban J connectivity index is 1.33. The van der Waals surface area contributed by atoms with Crippen LogP contribution in [0.2, 0.25) is 0 Å². The van der Waals surface area contributed by atoms with Crippen molar-refractivity contribution in [3.05, 3.63) is 35.7 Å². The summed E-state index contributed by atoms with van der Waals surface area (Å²) in [6.45, 7) is 3.81. The summed E-state index contributed by atoms with van der Waals surface area (Å²) in [4.78, 5) is 15.1. The number of likely N-dealkylation sites (tertiary alicyclic amines) is 1. The third-order valence-electron chi connectivity index (χ3n) is 5.81. The van der Waals surface area contributed by atoms with Gasteiger partial charge in [-0.2, -0.15) is 5.10 Å². The molecule has 27 heavy (non-hydrogen) atoms. The van der Waals surface area contributed by atoms with E-state index in [1.807, 2.05) is 25.3 Å². The molecule has 1 amide bonds. The van der Waals surface area contributed by atoms with Crippen molar-refractivity contribution in [1.29, 1.82) is 0 Å². The van der Waals surface area contributed by atoms with Crippen LogP contribution in [0, 0.1) is 6.92 Å². The summed E-state index contributed by atoms with van der Waals surface area (Å²) in [6.07, 6.45) is 6.81. The molecule has 0 bridgehead atoms. The highest BCUT2D eigenvalue weighted by molar-refractivity contribution is 7.91. The molecule has 2 fully saturated rings. The Kier molecular flexibility index (Phi) is 4.94. The van der Waals surface area contributed by atoms with E-state index in [2.05, 4.69) is 15.3 Å². The highest BCUT2D eigenvalue weighted by atomic mass is 32.2. The zero-order valence-corrected chi connectivity index (χ0v) is 16.4. The molecule has 0 aromatic carbocycles. The smallest absolute Gasteiger partial charge is 0.255 e. The molecule has 2 aromatic heterocycles. The number of hydrogen-bond donors (Lipinski definition) is 1. The number of rotatable bonds is 3. The minimum Gasteiger partial charge on any atom is -0.349 e. The van der Waals surface area contributed by atoms with E-state index >= 15 is 0 Å². The molecular formula is C19H26N4O3S. The fourth-order valence-corrected chi connectivity index (χ4v) is 5.64. The third kappa shape index (κ3) is 4.01. The lowest BCUT2D eigenvalue weighted by molar-refractivity contribution is 0.0887. The average molecular weight is 391 g/mol. The summed E-state index contributed by atoms with van der Waals surface area (Å²) in [5, 5.41) is 7.43. The minimum atomic E-state index is -2.82. The third-order valence-corrected chi connectivity index (χ3v) is 7.53. The second kappa shape index (κ2) is 7.24. The standard InChI is InChI=1S/C19H26N4O3S/c1-14-2-3-18-17(12-20-23(18)13-14)19(24)21-15-4-8-22(9-5-15)16-6-10-27(25,26)11-7-16/h2-3,12-13,15-16H,4-11H2,1H3,(H,21,24). The predicted molar refractivity (Wildman–Crippen MR) is 104 cm³/mol. The van der Waals surface area contributed by atoms with Crippen molar-refractivity contribution in [2.24, 2.45) is 0 Å². The van der Waals surface area contributed by atoms with Crippen LogP contribution in [-0.4, -0.2) is 65.5 Å². The molecule has 8 heteroatoms. The zero-order valence-electron chi connectivity index (χ0n) is 15.6. The molecule has 0 aliphatic carbocycles. The molecule has 2 aliphatic heterocycles. The van der Waals surface area contributed by atoms with Crippen LogP contribution in [0.3, 0.4) is 0 Å². The molecule has 2 aliphatic rings. The van der Waals surface area contributed by atoms with Crippen LogP contribution in [0.25, 0.3) is 5.52 Å². The van der Waals surface area contributed by atoms with Crippen molar-refractivity contribution in [2.45, 2.75) is 44.7 Å². The van der Waals surface area contributed by atoms with Gasteiger partial charge in [0.2, 0.25) is 0 Å². The van der Waals surface area contributed by atoms with Gasteiger partial charge >= 0.3 is 0 Å². The van der Waals surface area contributed by atoms with Gasteiger partial charge < -0.3 is 10.2 Å². The molecule has 0 spiro atoms. The number of nitrogens with zero attached hydrogens (tertiary/aromatic N) is 3. The molecule has 0 atom stereocenters. The van der Waals surface area contributed by atoms with Crippen molar-refractivity contribution in [3.63, 3.8) is 0 Å². The Labute approximate surface area is 159 Å². The van der Waals surface area contributed by atoms with Crippen molar-refractivity contribution in [1.82, 2.24) is 19.8 Å². The van der Waals surface area contributed by atoms with Gasteiger partial charge in [-0.1, -0.05) is 6.07 Å². The zero-order chi connectivity index (χ0) is 19.0.